The second-order valence-corrected chi connectivity index (χ2v) is 4.44. The number of nitrogens with two attached hydrogens (primary N) is 1. The molecule has 2 N–H and O–H groups in total. The molecule has 102 valence electrons. The molecule has 0 aliphatic heterocycles. The molecule has 0 radical (unpaired) electrons. The average molecular weight is 265 g/mol. The highest BCUT2D eigenvalue weighted by Crippen LogP contribution is 2.21. The van der Waals surface area contributed by atoms with Gasteiger partial charge in [-0.15, -0.1) is 10.2 Å². The van der Waals surface area contributed by atoms with Crippen molar-refractivity contribution in [1.82, 2.24) is 29.9 Å². The van der Waals surface area contributed by atoms with Gasteiger partial charge in [-0.25, -0.2) is 4.79 Å². The van der Waals surface area contributed by atoms with Crippen LogP contribution in [-0.4, -0.2) is 50.1 Å². The molecule has 0 unspecified atom stereocenters. The van der Waals surface area contributed by atoms with Gasteiger partial charge in [-0.05, 0) is 13.8 Å². The molecule has 0 atom stereocenters. The van der Waals surface area contributed by atoms with Gasteiger partial charge in [-0.2, -0.15) is 14.8 Å². The molecular weight excluding hydrogens is 250 g/mol. The van der Waals surface area contributed by atoms with Gasteiger partial charge in [-0.1, -0.05) is 0 Å². The van der Waals surface area contributed by atoms with Crippen LogP contribution in [0.3, 0.4) is 0 Å². The summed E-state index contributed by atoms with van der Waals surface area (Å²) < 4.78 is 5.10. The number of hydrogen-bond acceptors (Lipinski definition) is 7. The number of ether oxygens (including phenoxy) is 1. The summed E-state index contributed by atoms with van der Waals surface area (Å²) >= 11 is 0. The van der Waals surface area contributed by atoms with E-state index in [1.165, 1.54) is 9.70 Å². The van der Waals surface area contributed by atoms with Crippen molar-refractivity contribution in [3.05, 3.63) is 0 Å². The molecule has 0 saturated heterocycles. The minimum Gasteiger partial charge on any atom is -0.388 e. The zero-order chi connectivity index (χ0) is 14.2. The van der Waals surface area contributed by atoms with Gasteiger partial charge in [0, 0.05) is 14.1 Å². The molecule has 0 spiro atoms. The minimum atomic E-state index is -0.571. The fourth-order valence-corrected chi connectivity index (χ4v) is 1.29. The smallest absolute Gasteiger partial charge is 0.388 e. The molecule has 19 heavy (non-hydrogen) atoms. The quantitative estimate of drug-likeness (QED) is 0.838. The van der Waals surface area contributed by atoms with Gasteiger partial charge >= 0.3 is 6.09 Å². The van der Waals surface area contributed by atoms with E-state index in [1.807, 2.05) is 13.8 Å². The molecule has 2 rings (SSSR count). The lowest BCUT2D eigenvalue weighted by Crippen LogP contribution is -2.26. The van der Waals surface area contributed by atoms with E-state index >= 15 is 0 Å². The number of nitrogen functional groups attached to an aromatic ring is 1. The third kappa shape index (κ3) is 2.54. The Balaban J connectivity index is 2.50. The summed E-state index contributed by atoms with van der Waals surface area (Å²) in [6.45, 7) is 3.84. The Morgan fingerprint density at radius 3 is 2.58 bits per heavy atom. The Morgan fingerprint density at radius 2 is 2.00 bits per heavy atom. The van der Waals surface area contributed by atoms with Gasteiger partial charge in [0.2, 0.25) is 11.6 Å². The van der Waals surface area contributed by atoms with Crippen LogP contribution in [0.15, 0.2) is 0 Å². The number of nitrogens with zero attached hydrogens (tertiary/aromatic N) is 6. The molecule has 2 aromatic heterocycles. The minimum absolute atomic E-state index is 0.00750. The van der Waals surface area contributed by atoms with E-state index in [9.17, 15) is 4.79 Å². The number of amides is 1. The highest BCUT2D eigenvalue weighted by molar-refractivity contribution is 5.80. The Hall–Kier alpha value is -2.45. The number of rotatable bonds is 2. The van der Waals surface area contributed by atoms with E-state index in [0.717, 1.165) is 0 Å². The predicted octanol–water partition coefficient (Wildman–Crippen LogP) is 0.445. The summed E-state index contributed by atoms with van der Waals surface area (Å²) in [5.74, 6) is -0.0158. The molecular formula is C10H15N7O2. The molecule has 0 saturated carbocycles. The van der Waals surface area contributed by atoms with Gasteiger partial charge in [-0.3, -0.25) is 0 Å². The van der Waals surface area contributed by atoms with Crippen molar-refractivity contribution in [1.29, 1.82) is 0 Å². The van der Waals surface area contributed by atoms with E-state index < -0.39 is 6.09 Å². The summed E-state index contributed by atoms with van der Waals surface area (Å²) in [7, 11) is 3.13. The Morgan fingerprint density at radius 1 is 1.32 bits per heavy atom. The van der Waals surface area contributed by atoms with Crippen molar-refractivity contribution in [2.45, 2.75) is 19.9 Å². The average Bonchev–Trinajstić information content (AvgIpc) is 2.72. The van der Waals surface area contributed by atoms with Crippen molar-refractivity contribution in [3.63, 3.8) is 0 Å². The fraction of sp³-hybridized carbons (Fsp3) is 0.500. The summed E-state index contributed by atoms with van der Waals surface area (Å²) in [6.07, 6.45) is -0.571. The van der Waals surface area contributed by atoms with Gasteiger partial charge in [0.1, 0.15) is 0 Å². The maximum atomic E-state index is 11.6. The maximum absolute atomic E-state index is 11.6. The predicted molar refractivity (Wildman–Crippen MR) is 67.6 cm³/mol. The number of anilines is 1. The standard InChI is InChI=1S/C10H15N7O2/c1-5(2)17-14-6-7(15-17)12-9(11)13-8(6)19-10(18)16(3)4/h5H,1-4H3,(H2,11,12,15). The van der Waals surface area contributed by atoms with Crippen LogP contribution < -0.4 is 10.5 Å². The van der Waals surface area contributed by atoms with Crippen molar-refractivity contribution < 1.29 is 9.53 Å². The van der Waals surface area contributed by atoms with Gasteiger partial charge in [0.15, 0.2) is 5.52 Å². The molecule has 0 fully saturated rings. The zero-order valence-electron chi connectivity index (χ0n) is 11.2. The second kappa shape index (κ2) is 4.67. The highest BCUT2D eigenvalue weighted by Gasteiger charge is 2.18. The normalized spacial score (nSPS) is 11.0. The van der Waals surface area contributed by atoms with Crippen LogP contribution in [0.5, 0.6) is 5.88 Å². The molecule has 0 aromatic carbocycles. The Kier molecular flexibility index (Phi) is 3.19. The summed E-state index contributed by atoms with van der Waals surface area (Å²) in [6, 6.07) is 0.0489. The summed E-state index contributed by atoms with van der Waals surface area (Å²) in [5, 5.41) is 8.35. The monoisotopic (exact) mass is 265 g/mol. The van der Waals surface area contributed by atoms with Gasteiger partial charge in [0.05, 0.1) is 6.04 Å². The first kappa shape index (κ1) is 13.0. The van der Waals surface area contributed by atoms with Gasteiger partial charge < -0.3 is 15.4 Å². The molecule has 2 heterocycles. The number of carbonyl (C=O) groups is 1. The summed E-state index contributed by atoms with van der Waals surface area (Å²) in [4.78, 5) is 22.1. The van der Waals surface area contributed by atoms with Crippen LogP contribution in [0.2, 0.25) is 0 Å². The van der Waals surface area contributed by atoms with E-state index in [1.54, 1.807) is 14.1 Å². The zero-order valence-corrected chi connectivity index (χ0v) is 11.2. The molecule has 1 amide bonds. The molecule has 0 aliphatic carbocycles. The number of carbonyl (C=O) groups excluding carboxylic acids is 1. The molecule has 0 aliphatic rings. The van der Waals surface area contributed by atoms with Crippen LogP contribution in [0.25, 0.3) is 11.2 Å². The van der Waals surface area contributed by atoms with Crippen molar-refractivity contribution in [2.75, 3.05) is 19.8 Å². The van der Waals surface area contributed by atoms with E-state index in [2.05, 4.69) is 20.2 Å². The van der Waals surface area contributed by atoms with Crippen molar-refractivity contribution >= 4 is 23.2 Å². The first-order valence-corrected chi connectivity index (χ1v) is 5.67. The number of hydrogen-bond donors (Lipinski definition) is 1. The Bertz CT molecular complexity index is 620. The van der Waals surface area contributed by atoms with Gasteiger partial charge in [0.25, 0.3) is 5.88 Å². The molecule has 9 heteroatoms. The molecule has 2 aromatic rings. The lowest BCUT2D eigenvalue weighted by Gasteiger charge is -2.09. The molecule has 0 bridgehead atoms. The van der Waals surface area contributed by atoms with E-state index in [-0.39, 0.29) is 17.9 Å². The van der Waals surface area contributed by atoms with Crippen LogP contribution >= 0.6 is 0 Å². The Labute approximate surface area is 109 Å². The third-order valence-electron chi connectivity index (χ3n) is 2.26. The third-order valence-corrected chi connectivity index (χ3v) is 2.26. The van der Waals surface area contributed by atoms with E-state index in [0.29, 0.717) is 11.2 Å². The second-order valence-electron chi connectivity index (χ2n) is 4.44. The lowest BCUT2D eigenvalue weighted by atomic mass is 10.4. The van der Waals surface area contributed by atoms with Crippen molar-refractivity contribution in [3.8, 4) is 5.88 Å². The van der Waals surface area contributed by atoms with E-state index in [4.69, 9.17) is 10.5 Å². The lowest BCUT2D eigenvalue weighted by molar-refractivity contribution is 0.170. The fourth-order valence-electron chi connectivity index (χ4n) is 1.29. The number of aromatic nitrogens is 5. The van der Waals surface area contributed by atoms with Crippen molar-refractivity contribution in [2.24, 2.45) is 0 Å². The van der Waals surface area contributed by atoms with Crippen LogP contribution in [0.4, 0.5) is 10.7 Å². The largest absolute Gasteiger partial charge is 0.416 e. The SMILES string of the molecule is CC(C)n1nc2nc(N)nc(OC(=O)N(C)C)c2n1. The topological polar surface area (TPSA) is 112 Å². The first-order valence-electron chi connectivity index (χ1n) is 5.67. The highest BCUT2D eigenvalue weighted by atomic mass is 16.6. The van der Waals surface area contributed by atoms with Crippen LogP contribution in [0.1, 0.15) is 19.9 Å². The number of fused-ring (bicyclic) bond motifs is 1. The van der Waals surface area contributed by atoms with Crippen LogP contribution in [-0.2, 0) is 0 Å². The first-order chi connectivity index (χ1) is 8.88. The van der Waals surface area contributed by atoms with Crippen LogP contribution in [0, 0.1) is 0 Å². The maximum Gasteiger partial charge on any atom is 0.416 e. The molecule has 9 nitrogen and oxygen atoms in total. The summed E-state index contributed by atoms with van der Waals surface area (Å²) in [5.41, 5.74) is 6.16.